The van der Waals surface area contributed by atoms with E-state index in [1.807, 2.05) is 24.5 Å². The van der Waals surface area contributed by atoms with Gasteiger partial charge in [-0.2, -0.15) is 0 Å². The van der Waals surface area contributed by atoms with Crippen molar-refractivity contribution in [1.82, 2.24) is 4.98 Å². The number of benzene rings is 2. The van der Waals surface area contributed by atoms with Crippen molar-refractivity contribution in [2.24, 2.45) is 5.73 Å². The molecule has 3 rings (SSSR count). The number of carbonyl (C=O) groups is 1. The number of hydrogen-bond acceptors (Lipinski definition) is 3. The third kappa shape index (κ3) is 1.87. The van der Waals surface area contributed by atoms with Crippen LogP contribution in [0.15, 0.2) is 46.1 Å². The van der Waals surface area contributed by atoms with Crippen LogP contribution in [0, 0.1) is 0 Å². The van der Waals surface area contributed by atoms with Crippen LogP contribution in [0.5, 0.6) is 0 Å². The normalized spacial score (nSPS) is 11.1. The van der Waals surface area contributed by atoms with Gasteiger partial charge < -0.3 is 10.7 Å². The summed E-state index contributed by atoms with van der Waals surface area (Å²) in [5.41, 5.74) is 6.79. The lowest BCUT2D eigenvalue weighted by atomic mass is 10.1. The zero-order valence-corrected chi connectivity index (χ0v) is 11.6. The number of fused-ring (bicyclic) bond motifs is 2. The Kier molecular flexibility index (Phi) is 2.99. The van der Waals surface area contributed by atoms with Gasteiger partial charge in [-0.1, -0.05) is 6.07 Å². The molecule has 0 fully saturated rings. The fourth-order valence-corrected chi connectivity index (χ4v) is 2.75. The Labute approximate surface area is 119 Å². The molecule has 3 N–H and O–H groups in total. The number of nitrogens with one attached hydrogen (secondary N) is 1. The van der Waals surface area contributed by atoms with Crippen molar-refractivity contribution in [2.45, 2.75) is 4.90 Å². The van der Waals surface area contributed by atoms with Gasteiger partial charge in [0.2, 0.25) is 0 Å². The molecule has 20 heavy (non-hydrogen) atoms. The molecule has 0 saturated carbocycles. The van der Waals surface area contributed by atoms with E-state index in [1.54, 1.807) is 30.0 Å². The second-order valence-electron chi connectivity index (χ2n) is 4.46. The summed E-state index contributed by atoms with van der Waals surface area (Å²) in [6, 6.07) is 10.6. The number of hydrogen-bond donors (Lipinski definition) is 2. The molecule has 1 amide bonds. The Morgan fingerprint density at radius 2 is 2.00 bits per heavy atom. The van der Waals surface area contributed by atoms with E-state index in [0.29, 0.717) is 27.4 Å². The lowest BCUT2D eigenvalue weighted by molar-refractivity contribution is 0.100. The maximum absolute atomic E-state index is 12.5. The molecule has 0 radical (unpaired) electrons. The Morgan fingerprint density at radius 1 is 1.20 bits per heavy atom. The smallest absolute Gasteiger partial charge is 0.250 e. The number of amides is 1. The summed E-state index contributed by atoms with van der Waals surface area (Å²) in [4.78, 5) is 28.2. The summed E-state index contributed by atoms with van der Waals surface area (Å²) in [5.74, 6) is -0.550. The summed E-state index contributed by atoms with van der Waals surface area (Å²) in [6.07, 6.45) is 1.96. The first-order valence-electron chi connectivity index (χ1n) is 6.04. The topological polar surface area (TPSA) is 76.0 Å². The molecule has 4 nitrogen and oxygen atoms in total. The monoisotopic (exact) mass is 284 g/mol. The Bertz CT molecular complexity index is 899. The summed E-state index contributed by atoms with van der Waals surface area (Å²) < 4.78 is 0. The largest absolute Gasteiger partial charge is 0.366 e. The van der Waals surface area contributed by atoms with Gasteiger partial charge in [-0.05, 0) is 36.6 Å². The first kappa shape index (κ1) is 12.7. The van der Waals surface area contributed by atoms with Crippen molar-refractivity contribution in [2.75, 3.05) is 6.26 Å². The molecule has 0 bridgehead atoms. The van der Waals surface area contributed by atoms with Gasteiger partial charge in [0, 0.05) is 21.2 Å². The van der Waals surface area contributed by atoms with Crippen molar-refractivity contribution < 1.29 is 4.79 Å². The van der Waals surface area contributed by atoms with E-state index >= 15 is 0 Å². The van der Waals surface area contributed by atoms with Crippen LogP contribution in [0.3, 0.4) is 0 Å². The molecule has 0 aliphatic heterocycles. The molecule has 0 saturated heterocycles. The fourth-order valence-electron chi connectivity index (χ4n) is 2.31. The minimum absolute atomic E-state index is 0.0900. The van der Waals surface area contributed by atoms with Crippen molar-refractivity contribution in [3.8, 4) is 0 Å². The van der Waals surface area contributed by atoms with Crippen molar-refractivity contribution in [1.29, 1.82) is 0 Å². The molecule has 0 aliphatic carbocycles. The standard InChI is InChI=1S/C15H12N2O2S/c1-20-8-5-6-12-11(7-8)14(18)9-3-2-4-10(15(16)19)13(9)17-12/h2-7H,1H3,(H2,16,19)(H,17,18). The SMILES string of the molecule is CSc1ccc2[nH]c3c(C(N)=O)cccc3c(=O)c2c1. The van der Waals surface area contributed by atoms with Crippen LogP contribution in [0.4, 0.5) is 0 Å². The van der Waals surface area contributed by atoms with Crippen LogP contribution in [0.2, 0.25) is 0 Å². The second kappa shape index (κ2) is 4.68. The minimum Gasteiger partial charge on any atom is -0.366 e. The van der Waals surface area contributed by atoms with Gasteiger partial charge in [-0.25, -0.2) is 0 Å². The van der Waals surface area contributed by atoms with Crippen molar-refractivity contribution in [3.63, 3.8) is 0 Å². The molecule has 1 aromatic heterocycles. The summed E-state index contributed by atoms with van der Waals surface area (Å²) in [5, 5.41) is 1.10. The maximum atomic E-state index is 12.5. The highest BCUT2D eigenvalue weighted by Gasteiger charge is 2.11. The van der Waals surface area contributed by atoms with Crippen LogP contribution in [-0.2, 0) is 0 Å². The molecule has 0 atom stereocenters. The van der Waals surface area contributed by atoms with Gasteiger partial charge in [0.1, 0.15) is 0 Å². The van der Waals surface area contributed by atoms with Gasteiger partial charge in [-0.3, -0.25) is 9.59 Å². The van der Waals surface area contributed by atoms with Gasteiger partial charge in [-0.15, -0.1) is 11.8 Å². The van der Waals surface area contributed by atoms with Crippen LogP contribution in [0.1, 0.15) is 10.4 Å². The predicted octanol–water partition coefficient (Wildman–Crippen LogP) is 2.50. The Morgan fingerprint density at radius 3 is 2.70 bits per heavy atom. The first-order valence-corrected chi connectivity index (χ1v) is 7.27. The number of rotatable bonds is 2. The number of thioether (sulfide) groups is 1. The number of pyridine rings is 1. The van der Waals surface area contributed by atoms with E-state index in [1.165, 1.54) is 0 Å². The Balaban J connectivity index is 2.50. The van der Waals surface area contributed by atoms with E-state index in [-0.39, 0.29) is 5.43 Å². The average Bonchev–Trinajstić information content (AvgIpc) is 2.46. The molecule has 2 aromatic carbocycles. The highest BCUT2D eigenvalue weighted by Crippen LogP contribution is 2.22. The maximum Gasteiger partial charge on any atom is 0.250 e. The van der Waals surface area contributed by atoms with E-state index in [0.717, 1.165) is 4.90 Å². The number of nitrogens with two attached hydrogens (primary N) is 1. The second-order valence-corrected chi connectivity index (χ2v) is 5.34. The van der Waals surface area contributed by atoms with Gasteiger partial charge in [0.25, 0.3) is 5.91 Å². The van der Waals surface area contributed by atoms with E-state index in [9.17, 15) is 9.59 Å². The van der Waals surface area contributed by atoms with Gasteiger partial charge in [0.15, 0.2) is 5.43 Å². The number of para-hydroxylation sites is 1. The Hall–Kier alpha value is -2.27. The molecule has 5 heteroatoms. The molecule has 0 unspecified atom stereocenters. The van der Waals surface area contributed by atoms with Gasteiger partial charge in [0.05, 0.1) is 11.1 Å². The summed E-state index contributed by atoms with van der Waals surface area (Å²) in [6.45, 7) is 0. The van der Waals surface area contributed by atoms with Crippen molar-refractivity contribution >= 4 is 39.5 Å². The first-order chi connectivity index (χ1) is 9.61. The summed E-state index contributed by atoms with van der Waals surface area (Å²) >= 11 is 1.58. The molecular weight excluding hydrogens is 272 g/mol. The van der Waals surface area contributed by atoms with Gasteiger partial charge >= 0.3 is 0 Å². The van der Waals surface area contributed by atoms with Crippen LogP contribution < -0.4 is 11.2 Å². The summed E-state index contributed by atoms with van der Waals surface area (Å²) in [7, 11) is 0. The predicted molar refractivity (Wildman–Crippen MR) is 82.4 cm³/mol. The molecule has 3 aromatic rings. The number of aromatic amines is 1. The minimum atomic E-state index is -0.550. The highest BCUT2D eigenvalue weighted by molar-refractivity contribution is 7.98. The molecule has 0 aliphatic rings. The lowest BCUT2D eigenvalue weighted by Crippen LogP contribution is -2.14. The number of carbonyl (C=O) groups excluding carboxylic acids is 1. The molecule has 100 valence electrons. The van der Waals surface area contributed by atoms with Crippen LogP contribution in [0.25, 0.3) is 21.8 Å². The highest BCUT2D eigenvalue weighted by atomic mass is 32.2. The number of primary amides is 1. The number of aromatic nitrogens is 1. The molecule has 0 spiro atoms. The van der Waals surface area contributed by atoms with Crippen molar-refractivity contribution in [3.05, 3.63) is 52.2 Å². The molecule has 1 heterocycles. The zero-order chi connectivity index (χ0) is 14.3. The van der Waals surface area contributed by atoms with E-state index < -0.39 is 5.91 Å². The quantitative estimate of drug-likeness (QED) is 0.561. The average molecular weight is 284 g/mol. The lowest BCUT2D eigenvalue weighted by Gasteiger charge is -2.06. The number of H-pyrrole nitrogens is 1. The zero-order valence-electron chi connectivity index (χ0n) is 10.8. The van der Waals surface area contributed by atoms with Crippen LogP contribution >= 0.6 is 11.8 Å². The van der Waals surface area contributed by atoms with Crippen LogP contribution in [-0.4, -0.2) is 17.1 Å². The molecular formula is C15H12N2O2S. The third-order valence-corrected chi connectivity index (χ3v) is 4.03. The third-order valence-electron chi connectivity index (χ3n) is 3.31. The van der Waals surface area contributed by atoms with E-state index in [4.69, 9.17) is 5.73 Å². The van der Waals surface area contributed by atoms with E-state index in [2.05, 4.69) is 4.98 Å². The fraction of sp³-hybridized carbons (Fsp3) is 0.0667.